The molecule has 0 N–H and O–H groups in total. The van der Waals surface area contributed by atoms with Gasteiger partial charge in [-0.15, -0.1) is 0 Å². The molecule has 1 unspecified atom stereocenters. The Balaban J connectivity index is 2.08. The largest absolute Gasteiger partial charge is 0.460 e. The zero-order valence-electron chi connectivity index (χ0n) is 20.8. The van der Waals surface area contributed by atoms with Crippen LogP contribution in [0.5, 0.6) is 0 Å². The van der Waals surface area contributed by atoms with Crippen molar-refractivity contribution in [1.82, 2.24) is 0 Å². The molecule has 0 aromatic carbocycles. The molecule has 37 heavy (non-hydrogen) atoms. The van der Waals surface area contributed by atoms with E-state index in [1.54, 1.807) is 0 Å². The summed E-state index contributed by atoms with van der Waals surface area (Å²) in [4.78, 5) is 0. The molecule has 1 heterocycles. The van der Waals surface area contributed by atoms with Crippen molar-refractivity contribution in [2.75, 3.05) is 19.8 Å². The van der Waals surface area contributed by atoms with Gasteiger partial charge in [-0.05, 0) is 25.7 Å². The summed E-state index contributed by atoms with van der Waals surface area (Å²) in [6.45, 7) is 2.17. The van der Waals surface area contributed by atoms with Crippen molar-refractivity contribution in [1.29, 1.82) is 0 Å². The van der Waals surface area contributed by atoms with Crippen LogP contribution >= 0.6 is 0 Å². The van der Waals surface area contributed by atoms with E-state index < -0.39 is 42.7 Å². The standard InChI is InChI=1S/C24H37F11O2/c25-20(26,21(27,28)22(29,30)23(31,32)24(33,34)35)15-11-9-7-5-3-1-2-4-6-8-10-12-16-36-18-19-14-13-17-37-19/h19H,1-18H2. The summed E-state index contributed by atoms with van der Waals surface area (Å²) in [7, 11) is 0. The van der Waals surface area contributed by atoms with E-state index in [9.17, 15) is 48.3 Å². The molecule has 2 nitrogen and oxygen atoms in total. The van der Waals surface area contributed by atoms with Gasteiger partial charge in [-0.25, -0.2) is 0 Å². The molecule has 1 aliphatic rings. The molecule has 0 aromatic rings. The second-order valence-electron chi connectivity index (χ2n) is 9.63. The fourth-order valence-electron chi connectivity index (χ4n) is 4.07. The van der Waals surface area contributed by atoms with E-state index in [2.05, 4.69) is 0 Å². The summed E-state index contributed by atoms with van der Waals surface area (Å²) >= 11 is 0. The van der Waals surface area contributed by atoms with Crippen LogP contribution in [0.4, 0.5) is 48.3 Å². The summed E-state index contributed by atoms with van der Waals surface area (Å²) in [5, 5.41) is 0. The van der Waals surface area contributed by atoms with Crippen molar-refractivity contribution in [2.24, 2.45) is 0 Å². The molecular formula is C24H37F11O2. The van der Waals surface area contributed by atoms with E-state index in [1.807, 2.05) is 0 Å². The number of hydrogen-bond acceptors (Lipinski definition) is 2. The van der Waals surface area contributed by atoms with Gasteiger partial charge in [0.25, 0.3) is 0 Å². The summed E-state index contributed by atoms with van der Waals surface area (Å²) in [6, 6.07) is 0. The lowest BCUT2D eigenvalue weighted by Crippen LogP contribution is -2.66. The van der Waals surface area contributed by atoms with E-state index in [1.165, 1.54) is 0 Å². The van der Waals surface area contributed by atoms with Gasteiger partial charge >= 0.3 is 29.9 Å². The predicted octanol–water partition coefficient (Wildman–Crippen LogP) is 9.36. The molecule has 222 valence electrons. The van der Waals surface area contributed by atoms with Crippen molar-refractivity contribution in [3.8, 4) is 0 Å². The van der Waals surface area contributed by atoms with Crippen LogP contribution in [0, 0.1) is 0 Å². The molecule has 0 aliphatic carbocycles. The van der Waals surface area contributed by atoms with Crippen molar-refractivity contribution >= 4 is 0 Å². The van der Waals surface area contributed by atoms with Crippen LogP contribution in [0.3, 0.4) is 0 Å². The maximum absolute atomic E-state index is 13.6. The molecule has 1 aliphatic heterocycles. The molecular weight excluding hydrogens is 529 g/mol. The molecule has 0 aromatic heterocycles. The van der Waals surface area contributed by atoms with E-state index in [4.69, 9.17) is 9.47 Å². The van der Waals surface area contributed by atoms with Gasteiger partial charge in [0.1, 0.15) is 0 Å². The van der Waals surface area contributed by atoms with E-state index in [0.717, 1.165) is 70.8 Å². The molecule has 0 saturated carbocycles. The van der Waals surface area contributed by atoms with Gasteiger partial charge in [-0.3, -0.25) is 0 Å². The third-order valence-electron chi connectivity index (χ3n) is 6.46. The minimum absolute atomic E-state index is 0.0676. The fourth-order valence-corrected chi connectivity index (χ4v) is 4.07. The highest BCUT2D eigenvalue weighted by Crippen LogP contribution is 2.58. The zero-order valence-corrected chi connectivity index (χ0v) is 20.8. The Hall–Kier alpha value is -0.850. The number of unbranched alkanes of at least 4 members (excludes halogenated alkanes) is 11. The normalized spacial score (nSPS) is 18.1. The lowest BCUT2D eigenvalue weighted by atomic mass is 9.94. The summed E-state index contributed by atoms with van der Waals surface area (Å²) < 4.78 is 153. The average Bonchev–Trinajstić information content (AvgIpc) is 3.31. The third kappa shape index (κ3) is 10.0. The molecule has 1 atom stereocenters. The minimum atomic E-state index is -7.31. The Kier molecular flexibility index (Phi) is 13.9. The Morgan fingerprint density at radius 1 is 0.568 bits per heavy atom. The van der Waals surface area contributed by atoms with Gasteiger partial charge in [0.2, 0.25) is 0 Å². The average molecular weight is 567 g/mol. The minimum Gasteiger partial charge on any atom is -0.379 e. The maximum atomic E-state index is 13.6. The van der Waals surface area contributed by atoms with Crippen LogP contribution in [0.2, 0.25) is 0 Å². The molecule has 0 radical (unpaired) electrons. The van der Waals surface area contributed by atoms with Crippen LogP contribution < -0.4 is 0 Å². The number of alkyl halides is 11. The van der Waals surface area contributed by atoms with Crippen molar-refractivity contribution in [3.05, 3.63) is 0 Å². The number of hydrogen-bond donors (Lipinski definition) is 0. The van der Waals surface area contributed by atoms with E-state index >= 15 is 0 Å². The molecule has 13 heteroatoms. The Morgan fingerprint density at radius 3 is 1.46 bits per heavy atom. The predicted molar refractivity (Wildman–Crippen MR) is 116 cm³/mol. The first-order chi connectivity index (χ1) is 17.1. The summed E-state index contributed by atoms with van der Waals surface area (Å²) in [5.41, 5.74) is 0. The molecule has 0 bridgehead atoms. The number of rotatable bonds is 20. The molecule has 1 fully saturated rings. The quantitative estimate of drug-likeness (QED) is 0.108. The van der Waals surface area contributed by atoms with Gasteiger partial charge in [0.05, 0.1) is 12.7 Å². The molecule has 0 spiro atoms. The zero-order chi connectivity index (χ0) is 28.2. The van der Waals surface area contributed by atoms with E-state index in [-0.39, 0.29) is 12.5 Å². The summed E-state index contributed by atoms with van der Waals surface area (Å²) in [6.07, 6.45) is 1.23. The Morgan fingerprint density at radius 2 is 1.03 bits per heavy atom. The maximum Gasteiger partial charge on any atom is 0.460 e. The van der Waals surface area contributed by atoms with Gasteiger partial charge in [0, 0.05) is 19.6 Å². The number of ether oxygens (including phenoxy) is 2. The van der Waals surface area contributed by atoms with Gasteiger partial charge < -0.3 is 9.47 Å². The first kappa shape index (κ1) is 34.2. The lowest BCUT2D eigenvalue weighted by molar-refractivity contribution is -0.422. The molecule has 1 saturated heterocycles. The smallest absolute Gasteiger partial charge is 0.379 e. The van der Waals surface area contributed by atoms with Crippen molar-refractivity contribution in [2.45, 2.75) is 132 Å². The Bertz CT molecular complexity index is 618. The van der Waals surface area contributed by atoms with Gasteiger partial charge in [-0.1, -0.05) is 64.2 Å². The summed E-state index contributed by atoms with van der Waals surface area (Å²) in [5.74, 6) is -27.2. The van der Waals surface area contributed by atoms with Crippen molar-refractivity contribution < 1.29 is 57.8 Å². The van der Waals surface area contributed by atoms with Crippen LogP contribution in [-0.4, -0.2) is 55.8 Å². The number of halogens is 11. The van der Waals surface area contributed by atoms with Crippen LogP contribution in [-0.2, 0) is 9.47 Å². The van der Waals surface area contributed by atoms with Gasteiger partial charge in [0.15, 0.2) is 0 Å². The van der Waals surface area contributed by atoms with E-state index in [0.29, 0.717) is 26.1 Å². The third-order valence-corrected chi connectivity index (χ3v) is 6.46. The second-order valence-corrected chi connectivity index (χ2v) is 9.63. The Labute approximate surface area is 210 Å². The monoisotopic (exact) mass is 566 g/mol. The fraction of sp³-hybridized carbons (Fsp3) is 1.00. The van der Waals surface area contributed by atoms with Crippen LogP contribution in [0.25, 0.3) is 0 Å². The topological polar surface area (TPSA) is 18.5 Å². The molecule has 1 rings (SSSR count). The van der Waals surface area contributed by atoms with Crippen molar-refractivity contribution in [3.63, 3.8) is 0 Å². The second kappa shape index (κ2) is 15.1. The van der Waals surface area contributed by atoms with Gasteiger partial charge in [-0.2, -0.15) is 48.3 Å². The first-order valence-corrected chi connectivity index (χ1v) is 12.9. The molecule has 0 amide bonds. The first-order valence-electron chi connectivity index (χ1n) is 12.9. The SMILES string of the molecule is FC(F)(F)C(F)(F)C(F)(F)C(F)(F)C(F)(F)CCCCCCCCCCCCCCOCC1CCCO1. The highest BCUT2D eigenvalue weighted by molar-refractivity contribution is 5.06. The highest BCUT2D eigenvalue weighted by atomic mass is 19.4. The van der Waals surface area contributed by atoms with Crippen LogP contribution in [0.15, 0.2) is 0 Å². The van der Waals surface area contributed by atoms with Crippen LogP contribution in [0.1, 0.15) is 96.3 Å². The highest BCUT2D eigenvalue weighted by Gasteiger charge is 2.86. The lowest BCUT2D eigenvalue weighted by Gasteiger charge is -2.37.